The summed E-state index contributed by atoms with van der Waals surface area (Å²) in [4.78, 5) is 38.1. The fourth-order valence-electron chi connectivity index (χ4n) is 3.50. The molecule has 2 rings (SSSR count). The minimum atomic E-state index is -3.97. The van der Waals surface area contributed by atoms with E-state index in [9.17, 15) is 28.1 Å². The zero-order valence-corrected chi connectivity index (χ0v) is 21.2. The van der Waals surface area contributed by atoms with Gasteiger partial charge in [-0.05, 0) is 31.9 Å². The highest BCUT2D eigenvalue weighted by molar-refractivity contribution is 7.92. The number of aryl methyl sites for hydroxylation is 1. The van der Waals surface area contributed by atoms with Crippen molar-refractivity contribution < 1.29 is 22.9 Å². The number of hydrogen-bond donors (Lipinski definition) is 1. The van der Waals surface area contributed by atoms with E-state index in [1.807, 2.05) is 38.1 Å². The van der Waals surface area contributed by atoms with Crippen LogP contribution in [0.2, 0.25) is 0 Å². The van der Waals surface area contributed by atoms with E-state index in [2.05, 4.69) is 5.32 Å². The van der Waals surface area contributed by atoms with Gasteiger partial charge >= 0.3 is 0 Å². The van der Waals surface area contributed by atoms with Crippen LogP contribution in [0.5, 0.6) is 0 Å². The first-order valence-corrected chi connectivity index (χ1v) is 13.1. The molecule has 0 spiro atoms. The number of carbonyl (C=O) groups excluding carboxylic acids is 2. The number of amides is 2. The average Bonchev–Trinajstić information content (AvgIpc) is 2.79. The molecule has 0 fully saturated rings. The summed E-state index contributed by atoms with van der Waals surface area (Å²) < 4.78 is 25.9. The lowest BCUT2D eigenvalue weighted by molar-refractivity contribution is -0.384. The zero-order chi connectivity index (χ0) is 26.2. The lowest BCUT2D eigenvalue weighted by atomic mass is 10.1. The van der Waals surface area contributed by atoms with Crippen molar-refractivity contribution in [3.63, 3.8) is 0 Å². The summed E-state index contributed by atoms with van der Waals surface area (Å²) in [6.45, 7) is 5.44. The van der Waals surface area contributed by atoms with Crippen LogP contribution in [0.15, 0.2) is 48.5 Å². The minimum Gasteiger partial charge on any atom is -0.354 e. The minimum absolute atomic E-state index is 0.00870. The van der Waals surface area contributed by atoms with E-state index in [0.717, 1.165) is 40.6 Å². The quantitative estimate of drug-likeness (QED) is 0.269. The smallest absolute Gasteiger partial charge is 0.271 e. The summed E-state index contributed by atoms with van der Waals surface area (Å²) in [6, 6.07) is 11.7. The molecule has 0 unspecified atom stereocenters. The first-order valence-electron chi connectivity index (χ1n) is 11.3. The third kappa shape index (κ3) is 8.06. The van der Waals surface area contributed by atoms with E-state index < -0.39 is 33.4 Å². The monoisotopic (exact) mass is 504 g/mol. The summed E-state index contributed by atoms with van der Waals surface area (Å²) in [7, 11) is -3.97. The molecular formula is C24H32N4O6S. The molecule has 0 aliphatic rings. The van der Waals surface area contributed by atoms with Crippen LogP contribution in [-0.2, 0) is 26.2 Å². The van der Waals surface area contributed by atoms with E-state index in [1.54, 1.807) is 6.92 Å². The van der Waals surface area contributed by atoms with Crippen LogP contribution in [0.25, 0.3) is 0 Å². The molecule has 190 valence electrons. The molecule has 1 atom stereocenters. The molecule has 35 heavy (non-hydrogen) atoms. The van der Waals surface area contributed by atoms with E-state index in [1.165, 1.54) is 23.1 Å². The van der Waals surface area contributed by atoms with Crippen molar-refractivity contribution in [3.05, 3.63) is 69.8 Å². The van der Waals surface area contributed by atoms with Crippen LogP contribution in [0, 0.1) is 17.0 Å². The topological polar surface area (TPSA) is 130 Å². The second-order valence-electron chi connectivity index (χ2n) is 8.38. The number of rotatable bonds is 12. The summed E-state index contributed by atoms with van der Waals surface area (Å²) in [5, 5.41) is 14.0. The highest BCUT2D eigenvalue weighted by Gasteiger charge is 2.30. The number of sulfonamides is 1. The van der Waals surface area contributed by atoms with Crippen LogP contribution in [0.4, 0.5) is 11.4 Å². The first-order chi connectivity index (χ1) is 16.4. The number of nitro benzene ring substituents is 1. The number of carbonyl (C=O) groups is 2. The lowest BCUT2D eigenvalue weighted by Gasteiger charge is -2.31. The Morgan fingerprint density at radius 3 is 2.43 bits per heavy atom. The number of anilines is 1. The van der Waals surface area contributed by atoms with Gasteiger partial charge < -0.3 is 10.2 Å². The first kappa shape index (κ1) is 27.8. The molecule has 10 nitrogen and oxygen atoms in total. The van der Waals surface area contributed by atoms with Gasteiger partial charge in [0.2, 0.25) is 21.8 Å². The second-order valence-corrected chi connectivity index (χ2v) is 10.3. The number of nitro groups is 1. The fourth-order valence-corrected chi connectivity index (χ4v) is 4.34. The Hall–Kier alpha value is -3.47. The highest BCUT2D eigenvalue weighted by atomic mass is 32.2. The number of nitrogens with zero attached hydrogens (tertiary/aromatic N) is 3. The Morgan fingerprint density at radius 2 is 1.83 bits per heavy atom. The number of benzene rings is 2. The Labute approximate surface area is 206 Å². The molecule has 11 heteroatoms. The summed E-state index contributed by atoms with van der Waals surface area (Å²) >= 11 is 0. The van der Waals surface area contributed by atoms with Crippen LogP contribution >= 0.6 is 0 Å². The molecule has 0 aromatic heterocycles. The van der Waals surface area contributed by atoms with Crippen molar-refractivity contribution in [2.75, 3.05) is 23.7 Å². The molecular weight excluding hydrogens is 472 g/mol. The van der Waals surface area contributed by atoms with Gasteiger partial charge in [-0.1, -0.05) is 49.2 Å². The summed E-state index contributed by atoms with van der Waals surface area (Å²) in [5.74, 6) is -0.956. The van der Waals surface area contributed by atoms with E-state index >= 15 is 0 Å². The average molecular weight is 505 g/mol. The predicted octanol–water partition coefficient (Wildman–Crippen LogP) is 3.00. The van der Waals surface area contributed by atoms with Crippen molar-refractivity contribution in [2.24, 2.45) is 0 Å². The fraction of sp³-hybridized carbons (Fsp3) is 0.417. The SMILES string of the molecule is CCCCNC(=O)[C@H](C)N(Cc1cccc(C)c1)C(=O)CN(c1cccc([N+](=O)[O-])c1)S(C)(=O)=O. The number of nitrogens with one attached hydrogen (secondary N) is 1. The Balaban J connectivity index is 2.39. The molecule has 0 heterocycles. The van der Waals surface area contributed by atoms with Gasteiger partial charge in [-0.2, -0.15) is 0 Å². The molecule has 0 saturated carbocycles. The third-order valence-corrected chi connectivity index (χ3v) is 6.58. The number of non-ortho nitro benzene ring substituents is 1. The van der Waals surface area contributed by atoms with E-state index in [4.69, 9.17) is 0 Å². The Bertz CT molecular complexity index is 1170. The molecule has 0 aliphatic heterocycles. The lowest BCUT2D eigenvalue weighted by Crippen LogP contribution is -2.51. The molecule has 0 bridgehead atoms. The Kier molecular flexibility index (Phi) is 9.76. The maximum Gasteiger partial charge on any atom is 0.271 e. The molecule has 2 aromatic rings. The van der Waals surface area contributed by atoms with E-state index in [-0.39, 0.29) is 23.8 Å². The maximum atomic E-state index is 13.5. The largest absolute Gasteiger partial charge is 0.354 e. The van der Waals surface area contributed by atoms with Crippen LogP contribution in [0.3, 0.4) is 0 Å². The Morgan fingerprint density at radius 1 is 1.14 bits per heavy atom. The standard InChI is InChI=1S/C24H32N4O6S/c1-5-6-13-25-24(30)19(3)26(16-20-10-7-9-18(2)14-20)23(29)17-27(35(4,33)34)21-11-8-12-22(15-21)28(31)32/h7-12,14-15,19H,5-6,13,16-17H2,1-4H3,(H,25,30)/t19-/m0/s1. The highest BCUT2D eigenvalue weighted by Crippen LogP contribution is 2.24. The van der Waals surface area contributed by atoms with Crippen molar-refractivity contribution >= 4 is 33.2 Å². The molecule has 0 aliphatic carbocycles. The molecule has 2 aromatic carbocycles. The normalized spacial score (nSPS) is 12.0. The van der Waals surface area contributed by atoms with Gasteiger partial charge in [-0.15, -0.1) is 0 Å². The van der Waals surface area contributed by atoms with Crippen molar-refractivity contribution in [3.8, 4) is 0 Å². The van der Waals surface area contributed by atoms with Gasteiger partial charge in [-0.3, -0.25) is 24.0 Å². The maximum absolute atomic E-state index is 13.5. The van der Waals surface area contributed by atoms with Gasteiger partial charge in [0.25, 0.3) is 5.69 Å². The van der Waals surface area contributed by atoms with Gasteiger partial charge in [-0.25, -0.2) is 8.42 Å². The predicted molar refractivity (Wildman–Crippen MR) is 134 cm³/mol. The van der Waals surface area contributed by atoms with Crippen molar-refractivity contribution in [1.29, 1.82) is 0 Å². The second kappa shape index (κ2) is 12.3. The molecule has 0 saturated heterocycles. The number of unbranched alkanes of at least 4 members (excludes halogenated alkanes) is 1. The zero-order valence-electron chi connectivity index (χ0n) is 20.4. The van der Waals surface area contributed by atoms with Crippen LogP contribution < -0.4 is 9.62 Å². The molecule has 1 N–H and O–H groups in total. The van der Waals surface area contributed by atoms with E-state index in [0.29, 0.717) is 6.54 Å². The van der Waals surface area contributed by atoms with Crippen molar-refractivity contribution in [2.45, 2.75) is 46.2 Å². The summed E-state index contributed by atoms with van der Waals surface area (Å²) in [6.07, 6.45) is 2.61. The van der Waals surface area contributed by atoms with Crippen molar-refractivity contribution in [1.82, 2.24) is 10.2 Å². The molecule has 2 amide bonds. The van der Waals surface area contributed by atoms with Gasteiger partial charge in [0.1, 0.15) is 12.6 Å². The van der Waals surface area contributed by atoms with Crippen LogP contribution in [0.1, 0.15) is 37.8 Å². The third-order valence-electron chi connectivity index (χ3n) is 5.44. The van der Waals surface area contributed by atoms with Crippen LogP contribution in [-0.4, -0.2) is 55.4 Å². The van der Waals surface area contributed by atoms with Gasteiger partial charge in [0.05, 0.1) is 16.9 Å². The summed E-state index contributed by atoms with van der Waals surface area (Å²) in [5.41, 5.74) is 1.45. The molecule has 0 radical (unpaired) electrons. The van der Waals surface area contributed by atoms with Gasteiger partial charge in [0.15, 0.2) is 0 Å². The number of hydrogen-bond acceptors (Lipinski definition) is 6. The van der Waals surface area contributed by atoms with Gasteiger partial charge in [0, 0.05) is 25.2 Å².